The van der Waals surface area contributed by atoms with Crippen molar-refractivity contribution in [3.63, 3.8) is 0 Å². The van der Waals surface area contributed by atoms with E-state index in [4.69, 9.17) is 9.72 Å². The summed E-state index contributed by atoms with van der Waals surface area (Å²) in [5.41, 5.74) is -0.753. The van der Waals surface area contributed by atoms with Gasteiger partial charge in [0, 0.05) is 38.3 Å². The first-order valence-electron chi connectivity index (χ1n) is 12.2. The summed E-state index contributed by atoms with van der Waals surface area (Å²) >= 11 is 0. The SMILES string of the molecule is CC1(O)CC(Nc2nc(N3CC(N4CCOCC4)C3)c3cnn(-c4cccc(C(F)(F)F)c4)c3n2)C1. The standard InChI is InChI=1S/C24H28F3N7O2/c1-23(35)10-16(11-23)29-22-30-20(33-13-18(14-33)32-5-7-36-8-6-32)19-12-28-34(21(19)31-22)17-4-2-3-15(9-17)24(25,26)27/h2-4,9,12,16,18,35H,5-8,10-11,13-14H2,1H3,(H,29,30,31). The van der Waals surface area contributed by atoms with Gasteiger partial charge < -0.3 is 20.1 Å². The largest absolute Gasteiger partial charge is 0.416 e. The fourth-order valence-electron chi connectivity index (χ4n) is 5.29. The van der Waals surface area contributed by atoms with Crippen LogP contribution in [0.3, 0.4) is 0 Å². The Balaban J connectivity index is 1.34. The number of benzene rings is 1. The Hall–Kier alpha value is -2.96. The van der Waals surface area contributed by atoms with E-state index < -0.39 is 17.3 Å². The van der Waals surface area contributed by atoms with Crippen LogP contribution in [0, 0.1) is 0 Å². The summed E-state index contributed by atoms with van der Waals surface area (Å²) in [5, 5.41) is 18.5. The third-order valence-corrected chi connectivity index (χ3v) is 7.26. The predicted octanol–water partition coefficient (Wildman–Crippen LogP) is 2.68. The molecule has 3 aromatic rings. The van der Waals surface area contributed by atoms with Gasteiger partial charge in [-0.25, -0.2) is 4.68 Å². The van der Waals surface area contributed by atoms with E-state index in [1.165, 1.54) is 10.7 Å². The molecule has 0 amide bonds. The lowest BCUT2D eigenvalue weighted by atomic mass is 9.77. The maximum Gasteiger partial charge on any atom is 0.416 e. The number of morpholine rings is 1. The number of aliphatic hydroxyl groups is 1. The Labute approximate surface area is 205 Å². The Kier molecular flexibility index (Phi) is 5.58. The summed E-state index contributed by atoms with van der Waals surface area (Å²) in [5.74, 6) is 1.08. The van der Waals surface area contributed by atoms with Gasteiger partial charge in [0.05, 0.1) is 41.6 Å². The summed E-state index contributed by atoms with van der Waals surface area (Å²) in [7, 11) is 0. The zero-order valence-corrected chi connectivity index (χ0v) is 19.9. The van der Waals surface area contributed by atoms with Crippen molar-refractivity contribution in [2.24, 2.45) is 0 Å². The number of hydrogen-bond acceptors (Lipinski definition) is 8. The smallest absolute Gasteiger partial charge is 0.390 e. The molecule has 0 spiro atoms. The van der Waals surface area contributed by atoms with Crippen LogP contribution < -0.4 is 10.2 Å². The van der Waals surface area contributed by atoms with Gasteiger partial charge in [0.2, 0.25) is 5.95 Å². The van der Waals surface area contributed by atoms with Crippen molar-refractivity contribution in [2.45, 2.75) is 43.6 Å². The molecule has 9 nitrogen and oxygen atoms in total. The summed E-state index contributed by atoms with van der Waals surface area (Å²) in [6.45, 7) is 6.64. The molecule has 1 saturated carbocycles. The van der Waals surface area contributed by atoms with Crippen molar-refractivity contribution in [3.05, 3.63) is 36.0 Å². The molecule has 36 heavy (non-hydrogen) atoms. The maximum atomic E-state index is 13.3. The molecule has 2 saturated heterocycles. The average Bonchev–Trinajstić information content (AvgIpc) is 3.21. The molecule has 1 aliphatic carbocycles. The molecule has 0 radical (unpaired) electrons. The third kappa shape index (κ3) is 4.37. The molecule has 192 valence electrons. The third-order valence-electron chi connectivity index (χ3n) is 7.26. The molecule has 2 aromatic heterocycles. The van der Waals surface area contributed by atoms with E-state index >= 15 is 0 Å². The molecule has 3 aliphatic rings. The van der Waals surface area contributed by atoms with Crippen molar-refractivity contribution >= 4 is 22.8 Å². The lowest BCUT2D eigenvalue weighted by molar-refractivity contribution is -0.137. The maximum absolute atomic E-state index is 13.3. The fourth-order valence-corrected chi connectivity index (χ4v) is 5.29. The quantitative estimate of drug-likeness (QED) is 0.549. The first-order valence-corrected chi connectivity index (χ1v) is 12.2. The van der Waals surface area contributed by atoms with Gasteiger partial charge in [-0.15, -0.1) is 0 Å². The number of nitrogens with one attached hydrogen (secondary N) is 1. The number of halogens is 3. The highest BCUT2D eigenvalue weighted by molar-refractivity contribution is 5.89. The second-order valence-electron chi connectivity index (χ2n) is 10.2. The topological polar surface area (TPSA) is 91.6 Å². The molecule has 6 rings (SSSR count). The highest BCUT2D eigenvalue weighted by Gasteiger charge is 2.39. The van der Waals surface area contributed by atoms with Gasteiger partial charge in [0.25, 0.3) is 0 Å². The van der Waals surface area contributed by atoms with E-state index in [1.54, 1.807) is 19.2 Å². The number of rotatable bonds is 5. The van der Waals surface area contributed by atoms with Crippen molar-refractivity contribution in [2.75, 3.05) is 49.6 Å². The van der Waals surface area contributed by atoms with Gasteiger partial charge in [-0.05, 0) is 38.0 Å². The number of alkyl halides is 3. The summed E-state index contributed by atoms with van der Waals surface area (Å²) in [6, 6.07) is 5.48. The normalized spacial score (nSPS) is 25.6. The number of ether oxygens (including phenoxy) is 1. The van der Waals surface area contributed by atoms with E-state index in [-0.39, 0.29) is 11.7 Å². The molecule has 0 atom stereocenters. The number of anilines is 2. The van der Waals surface area contributed by atoms with Crippen LogP contribution in [0.1, 0.15) is 25.3 Å². The van der Waals surface area contributed by atoms with E-state index in [0.717, 1.165) is 51.5 Å². The molecule has 0 unspecified atom stereocenters. The zero-order valence-electron chi connectivity index (χ0n) is 19.9. The molecule has 12 heteroatoms. The zero-order chi connectivity index (χ0) is 25.1. The number of hydrogen-bond donors (Lipinski definition) is 2. The molecule has 1 aromatic carbocycles. The Morgan fingerprint density at radius 2 is 1.89 bits per heavy atom. The van der Waals surface area contributed by atoms with Crippen molar-refractivity contribution in [1.29, 1.82) is 0 Å². The Morgan fingerprint density at radius 1 is 1.14 bits per heavy atom. The van der Waals surface area contributed by atoms with Crippen molar-refractivity contribution in [1.82, 2.24) is 24.6 Å². The predicted molar refractivity (Wildman–Crippen MR) is 127 cm³/mol. The minimum atomic E-state index is -4.46. The minimum absolute atomic E-state index is 0.0210. The highest BCUT2D eigenvalue weighted by Crippen LogP contribution is 2.36. The van der Waals surface area contributed by atoms with Crippen molar-refractivity contribution in [3.8, 4) is 5.69 Å². The number of nitrogens with zero attached hydrogens (tertiary/aromatic N) is 6. The van der Waals surface area contributed by atoms with Crippen LogP contribution in [-0.2, 0) is 10.9 Å². The molecule has 2 N–H and O–H groups in total. The minimum Gasteiger partial charge on any atom is -0.390 e. The molecule has 3 fully saturated rings. The van der Waals surface area contributed by atoms with Crippen LogP contribution in [0.4, 0.5) is 24.9 Å². The average molecular weight is 504 g/mol. The van der Waals surface area contributed by atoms with E-state index in [1.807, 2.05) is 0 Å². The van der Waals surface area contributed by atoms with Gasteiger partial charge in [-0.3, -0.25) is 4.90 Å². The monoisotopic (exact) mass is 503 g/mol. The second-order valence-corrected chi connectivity index (χ2v) is 10.2. The molecule has 4 heterocycles. The first-order chi connectivity index (χ1) is 17.2. The van der Waals surface area contributed by atoms with Gasteiger partial charge >= 0.3 is 6.18 Å². The van der Waals surface area contributed by atoms with Crippen LogP contribution in [0.25, 0.3) is 16.7 Å². The number of aromatic nitrogens is 4. The molecular formula is C24H28F3N7O2. The van der Waals surface area contributed by atoms with Gasteiger partial charge in [0.1, 0.15) is 5.82 Å². The number of fused-ring (bicyclic) bond motifs is 1. The molecule has 2 aliphatic heterocycles. The van der Waals surface area contributed by atoms with Crippen molar-refractivity contribution < 1.29 is 23.0 Å². The van der Waals surface area contributed by atoms with Gasteiger partial charge in [-0.2, -0.15) is 28.2 Å². The van der Waals surface area contributed by atoms with E-state index in [2.05, 4.69) is 25.2 Å². The van der Waals surface area contributed by atoms with Crippen LogP contribution in [0.2, 0.25) is 0 Å². The fraction of sp³-hybridized carbons (Fsp3) is 0.542. The summed E-state index contributed by atoms with van der Waals surface area (Å²) in [4.78, 5) is 14.0. The molecular weight excluding hydrogens is 475 g/mol. The van der Waals surface area contributed by atoms with E-state index in [0.29, 0.717) is 41.7 Å². The first kappa shape index (κ1) is 23.4. The summed E-state index contributed by atoms with van der Waals surface area (Å²) < 4.78 is 46.9. The lowest BCUT2D eigenvalue weighted by Crippen LogP contribution is -2.61. The van der Waals surface area contributed by atoms with E-state index in [9.17, 15) is 18.3 Å². The lowest BCUT2D eigenvalue weighted by Gasteiger charge is -2.47. The van der Waals surface area contributed by atoms with Crippen LogP contribution in [-0.4, -0.2) is 86.8 Å². The second kappa shape index (κ2) is 8.56. The van der Waals surface area contributed by atoms with Gasteiger partial charge in [0.15, 0.2) is 5.65 Å². The van der Waals surface area contributed by atoms with Crippen LogP contribution >= 0.6 is 0 Å². The highest BCUT2D eigenvalue weighted by atomic mass is 19.4. The van der Waals surface area contributed by atoms with Crippen LogP contribution in [0.5, 0.6) is 0 Å². The Morgan fingerprint density at radius 3 is 2.58 bits per heavy atom. The molecule has 0 bridgehead atoms. The van der Waals surface area contributed by atoms with Crippen LogP contribution in [0.15, 0.2) is 30.5 Å². The summed E-state index contributed by atoms with van der Waals surface area (Å²) in [6.07, 6.45) is -1.71. The van der Waals surface area contributed by atoms with Gasteiger partial charge in [-0.1, -0.05) is 6.07 Å². The Bertz CT molecular complexity index is 1260.